The van der Waals surface area contributed by atoms with E-state index >= 15 is 0 Å². The van der Waals surface area contributed by atoms with Gasteiger partial charge in [-0.1, -0.05) is 45.4 Å². The predicted octanol–water partition coefficient (Wildman–Crippen LogP) is 4.94. The number of piperidine rings is 1. The first kappa shape index (κ1) is 23.2. The number of carbonyl (C=O) groups excluding carboxylic acids is 2. The van der Waals surface area contributed by atoms with Gasteiger partial charge >= 0.3 is 0 Å². The Balaban J connectivity index is 1.44. The van der Waals surface area contributed by atoms with E-state index in [9.17, 15) is 9.59 Å². The lowest BCUT2D eigenvalue weighted by Gasteiger charge is -2.52. The molecular formula is C24H36BrN3O2S. The normalized spacial score (nSPS) is 25.2. The number of carbonyl (C=O) groups is 2. The Hall–Kier alpha value is -0.920. The van der Waals surface area contributed by atoms with Crippen LogP contribution in [0, 0.1) is 5.92 Å². The first-order valence-electron chi connectivity index (χ1n) is 12.1. The molecule has 2 saturated heterocycles. The highest BCUT2D eigenvalue weighted by atomic mass is 79.9. The van der Waals surface area contributed by atoms with Crippen molar-refractivity contribution in [3.63, 3.8) is 0 Å². The largest absolute Gasteiger partial charge is 0.342 e. The van der Waals surface area contributed by atoms with Crippen LogP contribution >= 0.6 is 27.3 Å². The molecule has 2 amide bonds. The average molecular weight is 511 g/mol. The smallest absolute Gasteiger partial charge is 0.246 e. The van der Waals surface area contributed by atoms with Crippen LogP contribution in [-0.4, -0.2) is 52.8 Å². The van der Waals surface area contributed by atoms with Crippen LogP contribution in [0.3, 0.4) is 0 Å². The van der Waals surface area contributed by atoms with Crippen LogP contribution in [0.1, 0.15) is 76.0 Å². The van der Waals surface area contributed by atoms with E-state index < -0.39 is 5.54 Å². The fourth-order valence-electron chi connectivity index (χ4n) is 5.67. The number of hydrogen-bond acceptors (Lipinski definition) is 4. The van der Waals surface area contributed by atoms with Gasteiger partial charge in [-0.15, -0.1) is 11.3 Å². The molecule has 2 aliphatic heterocycles. The summed E-state index contributed by atoms with van der Waals surface area (Å²) in [7, 11) is 0. The summed E-state index contributed by atoms with van der Waals surface area (Å²) in [5.41, 5.74) is -0.651. The topological polar surface area (TPSA) is 52.7 Å². The number of nitrogens with zero attached hydrogens (tertiary/aromatic N) is 2. The van der Waals surface area contributed by atoms with Crippen molar-refractivity contribution >= 4 is 39.1 Å². The summed E-state index contributed by atoms with van der Waals surface area (Å²) in [6, 6.07) is 3.94. The van der Waals surface area contributed by atoms with Crippen LogP contribution in [0.5, 0.6) is 0 Å². The Morgan fingerprint density at radius 1 is 1.16 bits per heavy atom. The second-order valence-corrected chi connectivity index (χ2v) is 12.2. The van der Waals surface area contributed by atoms with Crippen LogP contribution in [0.4, 0.5) is 0 Å². The molecule has 1 spiro atoms. The highest BCUT2D eigenvalue weighted by Crippen LogP contribution is 2.36. The van der Waals surface area contributed by atoms with Crippen molar-refractivity contribution in [2.75, 3.05) is 19.6 Å². The van der Waals surface area contributed by atoms with Crippen molar-refractivity contribution in [1.29, 1.82) is 0 Å². The molecular weight excluding hydrogens is 474 g/mol. The molecule has 0 aromatic carbocycles. The molecule has 7 heteroatoms. The Morgan fingerprint density at radius 3 is 2.55 bits per heavy atom. The molecule has 0 bridgehead atoms. The molecule has 1 aromatic heterocycles. The molecule has 1 unspecified atom stereocenters. The Bertz CT molecular complexity index is 769. The molecule has 1 aliphatic carbocycles. The molecule has 1 N–H and O–H groups in total. The minimum Gasteiger partial charge on any atom is -0.342 e. The van der Waals surface area contributed by atoms with Crippen LogP contribution in [0.2, 0.25) is 0 Å². The minimum absolute atomic E-state index is 0.0996. The van der Waals surface area contributed by atoms with Gasteiger partial charge in [0.1, 0.15) is 11.6 Å². The molecule has 1 atom stereocenters. The van der Waals surface area contributed by atoms with E-state index in [0.717, 1.165) is 55.5 Å². The first-order valence-corrected chi connectivity index (χ1v) is 13.7. The van der Waals surface area contributed by atoms with Gasteiger partial charge in [-0.3, -0.25) is 14.5 Å². The molecule has 4 rings (SSSR count). The van der Waals surface area contributed by atoms with Gasteiger partial charge in [0.2, 0.25) is 11.8 Å². The number of rotatable bonds is 7. The van der Waals surface area contributed by atoms with Gasteiger partial charge in [0.05, 0.1) is 3.79 Å². The molecule has 31 heavy (non-hydrogen) atoms. The third-order valence-corrected chi connectivity index (χ3v) is 9.14. The molecule has 1 aromatic rings. The number of hydrogen-bond donors (Lipinski definition) is 1. The SMILES string of the molecule is CCCCN1C(=O)C(CC2CCCCC2)NC(=O)C12CCN(Cc1ccc(Br)s1)CC2. The van der Waals surface area contributed by atoms with Crippen molar-refractivity contribution in [2.24, 2.45) is 5.92 Å². The van der Waals surface area contributed by atoms with Crippen molar-refractivity contribution in [2.45, 2.75) is 89.3 Å². The highest BCUT2D eigenvalue weighted by molar-refractivity contribution is 9.11. The molecule has 3 heterocycles. The van der Waals surface area contributed by atoms with Crippen molar-refractivity contribution in [1.82, 2.24) is 15.1 Å². The first-order chi connectivity index (χ1) is 15.0. The maximum absolute atomic E-state index is 13.6. The lowest BCUT2D eigenvalue weighted by atomic mass is 9.79. The summed E-state index contributed by atoms with van der Waals surface area (Å²) in [6.45, 7) is 5.49. The fraction of sp³-hybridized carbons (Fsp3) is 0.750. The summed E-state index contributed by atoms with van der Waals surface area (Å²) in [4.78, 5) is 32.8. The molecule has 0 radical (unpaired) electrons. The van der Waals surface area contributed by atoms with Gasteiger partial charge in [0.25, 0.3) is 0 Å². The summed E-state index contributed by atoms with van der Waals surface area (Å²) in [5.74, 6) is 0.855. The number of nitrogens with one attached hydrogen (secondary N) is 1. The van der Waals surface area contributed by atoms with Crippen LogP contribution < -0.4 is 5.32 Å². The van der Waals surface area contributed by atoms with Gasteiger partial charge in [0, 0.05) is 31.1 Å². The summed E-state index contributed by atoms with van der Waals surface area (Å²) in [5, 5.41) is 3.20. The van der Waals surface area contributed by atoms with Gasteiger partial charge in [-0.05, 0) is 59.7 Å². The number of piperazine rings is 1. The van der Waals surface area contributed by atoms with E-state index in [-0.39, 0.29) is 17.9 Å². The fourth-order valence-corrected chi connectivity index (χ4v) is 7.19. The molecule has 1 saturated carbocycles. The Morgan fingerprint density at radius 2 is 1.90 bits per heavy atom. The standard InChI is InChI=1S/C24H36BrN3O2S/c1-2-3-13-28-22(29)20(16-18-7-5-4-6-8-18)26-23(30)24(28)11-14-27(15-12-24)17-19-9-10-21(25)31-19/h9-10,18,20H,2-8,11-17H2,1H3,(H,26,30). The van der Waals surface area contributed by atoms with Gasteiger partial charge in [-0.2, -0.15) is 0 Å². The predicted molar refractivity (Wildman–Crippen MR) is 129 cm³/mol. The van der Waals surface area contributed by atoms with Crippen molar-refractivity contribution in [3.8, 4) is 0 Å². The van der Waals surface area contributed by atoms with Crippen LogP contribution in [0.25, 0.3) is 0 Å². The number of likely N-dealkylation sites (tertiary alicyclic amines) is 1. The summed E-state index contributed by atoms with van der Waals surface area (Å²) >= 11 is 5.31. The van der Waals surface area contributed by atoms with Crippen LogP contribution in [-0.2, 0) is 16.1 Å². The molecule has 3 fully saturated rings. The molecule has 5 nitrogen and oxygen atoms in total. The van der Waals surface area contributed by atoms with E-state index in [1.54, 1.807) is 11.3 Å². The van der Waals surface area contributed by atoms with Gasteiger partial charge in [0.15, 0.2) is 0 Å². The highest BCUT2D eigenvalue weighted by Gasteiger charge is 2.53. The number of halogens is 1. The van der Waals surface area contributed by atoms with Gasteiger partial charge in [-0.25, -0.2) is 0 Å². The zero-order valence-electron chi connectivity index (χ0n) is 18.7. The third-order valence-electron chi connectivity index (χ3n) is 7.53. The van der Waals surface area contributed by atoms with E-state index in [0.29, 0.717) is 12.5 Å². The summed E-state index contributed by atoms with van der Waals surface area (Å²) < 4.78 is 1.16. The average Bonchev–Trinajstić information content (AvgIpc) is 3.19. The maximum atomic E-state index is 13.6. The van der Waals surface area contributed by atoms with Crippen molar-refractivity contribution in [3.05, 3.63) is 20.8 Å². The summed E-state index contributed by atoms with van der Waals surface area (Å²) in [6.07, 6.45) is 10.5. The number of amides is 2. The van der Waals surface area contributed by atoms with E-state index in [2.05, 4.69) is 45.2 Å². The molecule has 3 aliphatic rings. The second-order valence-electron chi connectivity index (χ2n) is 9.62. The zero-order chi connectivity index (χ0) is 21.8. The monoisotopic (exact) mass is 509 g/mol. The lowest BCUT2D eigenvalue weighted by Crippen LogP contribution is -2.73. The van der Waals surface area contributed by atoms with Gasteiger partial charge < -0.3 is 10.2 Å². The van der Waals surface area contributed by atoms with E-state index in [4.69, 9.17) is 0 Å². The van der Waals surface area contributed by atoms with Crippen molar-refractivity contribution < 1.29 is 9.59 Å². The van der Waals surface area contributed by atoms with E-state index in [1.165, 1.54) is 37.0 Å². The van der Waals surface area contributed by atoms with E-state index in [1.807, 2.05) is 4.90 Å². The zero-order valence-corrected chi connectivity index (χ0v) is 21.1. The third kappa shape index (κ3) is 5.19. The maximum Gasteiger partial charge on any atom is 0.246 e. The quantitative estimate of drug-likeness (QED) is 0.565. The minimum atomic E-state index is -0.651. The second kappa shape index (κ2) is 10.3. The number of unbranched alkanes of at least 4 members (excludes halogenated alkanes) is 1. The van der Waals surface area contributed by atoms with Crippen LogP contribution in [0.15, 0.2) is 15.9 Å². The Kier molecular flexibility index (Phi) is 7.76. The molecule has 172 valence electrons. The lowest BCUT2D eigenvalue weighted by molar-refractivity contribution is -0.162. The Labute approximate surface area is 199 Å². The number of thiophene rings is 1.